The molecule has 0 aromatic heterocycles. The Bertz CT molecular complexity index is 475. The van der Waals surface area contributed by atoms with Gasteiger partial charge in [0.2, 0.25) is 5.91 Å². The van der Waals surface area contributed by atoms with Crippen molar-refractivity contribution in [3.05, 3.63) is 35.4 Å². The average molecular weight is 212 g/mol. The average Bonchev–Trinajstić information content (AvgIpc) is 2.29. The van der Waals surface area contributed by atoms with Crippen molar-refractivity contribution in [2.24, 2.45) is 0 Å². The van der Waals surface area contributed by atoms with Crippen molar-refractivity contribution in [1.82, 2.24) is 5.32 Å². The van der Waals surface area contributed by atoms with Crippen molar-refractivity contribution in [3.63, 3.8) is 0 Å². The molecule has 16 heavy (non-hydrogen) atoms. The molecule has 1 aromatic carbocycles. The van der Waals surface area contributed by atoms with E-state index in [9.17, 15) is 4.79 Å². The molecule has 1 aromatic rings. The van der Waals surface area contributed by atoms with Gasteiger partial charge in [0.05, 0.1) is 5.56 Å². The van der Waals surface area contributed by atoms with Crippen molar-refractivity contribution >= 4 is 5.91 Å². The molecule has 80 valence electrons. The molecule has 0 unspecified atom stereocenters. The number of rotatable bonds is 2. The molecule has 0 heterocycles. The first-order valence-corrected chi connectivity index (χ1v) is 4.96. The second-order valence-corrected chi connectivity index (χ2v) is 3.19. The zero-order valence-electron chi connectivity index (χ0n) is 9.08. The normalized spacial score (nSPS) is 8.50. The molecular weight excluding hydrogens is 200 g/mol. The number of carbonyl (C=O) groups excluding carboxylic acids is 1. The molecule has 3 nitrogen and oxygen atoms in total. The lowest BCUT2D eigenvalue weighted by Gasteiger charge is -1.95. The van der Waals surface area contributed by atoms with Crippen LogP contribution in [0.5, 0.6) is 0 Å². The molecule has 0 aliphatic rings. The van der Waals surface area contributed by atoms with E-state index in [0.717, 1.165) is 5.56 Å². The summed E-state index contributed by atoms with van der Waals surface area (Å²) in [6, 6.07) is 9.28. The van der Waals surface area contributed by atoms with Crippen LogP contribution in [-0.4, -0.2) is 12.5 Å². The minimum atomic E-state index is -0.0563. The maximum absolute atomic E-state index is 10.6. The van der Waals surface area contributed by atoms with Gasteiger partial charge in [0.15, 0.2) is 0 Å². The van der Waals surface area contributed by atoms with Crippen molar-refractivity contribution in [1.29, 1.82) is 5.26 Å². The number of carbonyl (C=O) groups is 1. The summed E-state index contributed by atoms with van der Waals surface area (Å²) in [7, 11) is 0. The Labute approximate surface area is 95.1 Å². The summed E-state index contributed by atoms with van der Waals surface area (Å²) < 4.78 is 0. The fourth-order valence-corrected chi connectivity index (χ4v) is 1.15. The highest BCUT2D eigenvalue weighted by molar-refractivity contribution is 5.72. The minimum Gasteiger partial charge on any atom is -0.355 e. The van der Waals surface area contributed by atoms with E-state index in [1.807, 2.05) is 12.1 Å². The van der Waals surface area contributed by atoms with Gasteiger partial charge >= 0.3 is 0 Å². The third-order valence-electron chi connectivity index (χ3n) is 1.89. The number of benzene rings is 1. The van der Waals surface area contributed by atoms with Crippen molar-refractivity contribution < 1.29 is 4.79 Å². The van der Waals surface area contributed by atoms with E-state index < -0.39 is 0 Å². The fraction of sp³-hybridized carbons (Fsp3) is 0.231. The Morgan fingerprint density at radius 3 is 2.69 bits per heavy atom. The van der Waals surface area contributed by atoms with Crippen LogP contribution in [0.25, 0.3) is 0 Å². The molecule has 0 spiro atoms. The number of hydrogen-bond donors (Lipinski definition) is 1. The topological polar surface area (TPSA) is 52.9 Å². The van der Waals surface area contributed by atoms with E-state index in [1.54, 1.807) is 12.1 Å². The van der Waals surface area contributed by atoms with Crippen molar-refractivity contribution in [2.45, 2.75) is 13.3 Å². The van der Waals surface area contributed by atoms with Crippen LogP contribution in [-0.2, 0) is 4.79 Å². The summed E-state index contributed by atoms with van der Waals surface area (Å²) in [5.41, 5.74) is 1.31. The number of nitriles is 1. The summed E-state index contributed by atoms with van der Waals surface area (Å²) in [5.74, 6) is 5.77. The SMILES string of the molecule is CC(=O)NCCC#Cc1ccccc1C#N. The van der Waals surface area contributed by atoms with Gasteiger partial charge in [-0.15, -0.1) is 0 Å². The largest absolute Gasteiger partial charge is 0.355 e. The molecule has 1 rings (SSSR count). The Balaban J connectivity index is 2.57. The second kappa shape index (κ2) is 6.27. The van der Waals surface area contributed by atoms with Gasteiger partial charge in [0, 0.05) is 25.5 Å². The molecule has 0 bridgehead atoms. The third-order valence-corrected chi connectivity index (χ3v) is 1.89. The highest BCUT2D eigenvalue weighted by atomic mass is 16.1. The smallest absolute Gasteiger partial charge is 0.216 e. The van der Waals surface area contributed by atoms with E-state index in [2.05, 4.69) is 23.2 Å². The van der Waals surface area contributed by atoms with Crippen molar-refractivity contribution in [2.75, 3.05) is 6.54 Å². The molecular formula is C13H12N2O. The van der Waals surface area contributed by atoms with Crippen LogP contribution in [0.3, 0.4) is 0 Å². The lowest BCUT2D eigenvalue weighted by molar-refractivity contribution is -0.118. The second-order valence-electron chi connectivity index (χ2n) is 3.19. The summed E-state index contributed by atoms with van der Waals surface area (Å²) >= 11 is 0. The van der Waals surface area contributed by atoms with Crippen LogP contribution in [0, 0.1) is 23.2 Å². The molecule has 3 heteroatoms. The zero-order valence-corrected chi connectivity index (χ0v) is 9.08. The van der Waals surface area contributed by atoms with E-state index in [0.29, 0.717) is 18.5 Å². The van der Waals surface area contributed by atoms with E-state index >= 15 is 0 Å². The standard InChI is InChI=1S/C13H12N2O/c1-11(16)15-9-5-4-7-12-6-2-3-8-13(12)10-14/h2-3,6,8H,5,9H2,1H3,(H,15,16). The van der Waals surface area contributed by atoms with E-state index in [4.69, 9.17) is 5.26 Å². The molecule has 0 aliphatic carbocycles. The van der Waals surface area contributed by atoms with E-state index in [-0.39, 0.29) is 5.91 Å². The summed E-state index contributed by atoms with van der Waals surface area (Å²) in [6.45, 7) is 2.01. The van der Waals surface area contributed by atoms with Gasteiger partial charge in [0.1, 0.15) is 6.07 Å². The van der Waals surface area contributed by atoms with Gasteiger partial charge in [-0.05, 0) is 12.1 Å². The molecule has 0 saturated carbocycles. The number of nitrogens with one attached hydrogen (secondary N) is 1. The zero-order chi connectivity index (χ0) is 11.8. The predicted molar refractivity (Wildman–Crippen MR) is 61.3 cm³/mol. The van der Waals surface area contributed by atoms with Gasteiger partial charge in [0.25, 0.3) is 0 Å². The maximum Gasteiger partial charge on any atom is 0.216 e. The minimum absolute atomic E-state index is 0.0563. The number of hydrogen-bond acceptors (Lipinski definition) is 2. The molecule has 0 atom stereocenters. The first-order valence-electron chi connectivity index (χ1n) is 4.96. The van der Waals surface area contributed by atoms with E-state index in [1.165, 1.54) is 6.92 Å². The third kappa shape index (κ3) is 3.86. The summed E-state index contributed by atoms with van der Waals surface area (Å²) in [4.78, 5) is 10.6. The van der Waals surface area contributed by atoms with Crippen LogP contribution in [0.4, 0.5) is 0 Å². The Hall–Kier alpha value is -2.26. The molecule has 0 fully saturated rings. The molecule has 0 aliphatic heterocycles. The molecule has 1 N–H and O–H groups in total. The van der Waals surface area contributed by atoms with Crippen LogP contribution in [0.2, 0.25) is 0 Å². The highest BCUT2D eigenvalue weighted by Crippen LogP contribution is 2.04. The summed E-state index contributed by atoms with van der Waals surface area (Å²) in [5, 5.41) is 11.5. The van der Waals surface area contributed by atoms with Crippen LogP contribution in [0.15, 0.2) is 24.3 Å². The van der Waals surface area contributed by atoms with Crippen LogP contribution >= 0.6 is 0 Å². The quantitative estimate of drug-likeness (QED) is 0.595. The molecule has 0 saturated heterocycles. The first kappa shape index (κ1) is 11.8. The molecule has 1 amide bonds. The Morgan fingerprint density at radius 1 is 1.38 bits per heavy atom. The van der Waals surface area contributed by atoms with Crippen LogP contribution in [0.1, 0.15) is 24.5 Å². The fourth-order valence-electron chi connectivity index (χ4n) is 1.15. The number of nitrogens with zero attached hydrogens (tertiary/aromatic N) is 1. The van der Waals surface area contributed by atoms with Crippen molar-refractivity contribution in [3.8, 4) is 17.9 Å². The highest BCUT2D eigenvalue weighted by Gasteiger charge is 1.95. The Kier molecular flexibility index (Phi) is 4.63. The lowest BCUT2D eigenvalue weighted by atomic mass is 10.1. The summed E-state index contributed by atoms with van der Waals surface area (Å²) in [6.07, 6.45) is 0.583. The first-order chi connectivity index (χ1) is 7.74. The maximum atomic E-state index is 10.6. The Morgan fingerprint density at radius 2 is 2.06 bits per heavy atom. The van der Waals surface area contributed by atoms with Gasteiger partial charge in [-0.25, -0.2) is 0 Å². The van der Waals surface area contributed by atoms with Gasteiger partial charge in [-0.1, -0.05) is 24.0 Å². The van der Waals surface area contributed by atoms with Gasteiger partial charge in [-0.3, -0.25) is 4.79 Å². The van der Waals surface area contributed by atoms with Gasteiger partial charge in [-0.2, -0.15) is 5.26 Å². The predicted octanol–water partition coefficient (Wildman–Crippen LogP) is 1.44. The van der Waals surface area contributed by atoms with Gasteiger partial charge < -0.3 is 5.32 Å². The molecule has 0 radical (unpaired) electrons. The number of amides is 1. The van der Waals surface area contributed by atoms with Crippen LogP contribution < -0.4 is 5.32 Å². The monoisotopic (exact) mass is 212 g/mol. The lowest BCUT2D eigenvalue weighted by Crippen LogP contribution is -2.20.